The van der Waals surface area contributed by atoms with Gasteiger partial charge >= 0.3 is 0 Å². The highest BCUT2D eigenvalue weighted by molar-refractivity contribution is 5.39. The molecule has 0 aliphatic carbocycles. The molecule has 106 valence electrons. The van der Waals surface area contributed by atoms with Crippen molar-refractivity contribution in [2.75, 3.05) is 7.11 Å². The molecule has 0 aromatic heterocycles. The number of para-hydroxylation sites is 1. The summed E-state index contributed by atoms with van der Waals surface area (Å²) in [6, 6.07) is 13.9. The van der Waals surface area contributed by atoms with Gasteiger partial charge in [-0.2, -0.15) is 0 Å². The molecule has 0 spiro atoms. The van der Waals surface area contributed by atoms with E-state index in [0.29, 0.717) is 6.61 Å². The van der Waals surface area contributed by atoms with E-state index >= 15 is 0 Å². The van der Waals surface area contributed by atoms with Gasteiger partial charge in [0.15, 0.2) is 0 Å². The van der Waals surface area contributed by atoms with Crippen LogP contribution in [-0.2, 0) is 6.61 Å². The van der Waals surface area contributed by atoms with E-state index in [2.05, 4.69) is 13.0 Å². The monoisotopic (exact) mass is 271 g/mol. The van der Waals surface area contributed by atoms with E-state index in [4.69, 9.17) is 15.2 Å². The molecular formula is C17H21NO2. The Kier molecular flexibility index (Phi) is 4.64. The molecule has 0 unspecified atom stereocenters. The van der Waals surface area contributed by atoms with E-state index in [1.807, 2.05) is 43.3 Å². The molecule has 0 heterocycles. The second-order valence-corrected chi connectivity index (χ2v) is 4.93. The minimum absolute atomic E-state index is 0.0532. The van der Waals surface area contributed by atoms with Crippen LogP contribution in [0.2, 0.25) is 0 Å². The molecule has 3 heteroatoms. The molecule has 2 aromatic rings. The molecule has 1 atom stereocenters. The zero-order valence-electron chi connectivity index (χ0n) is 12.2. The molecule has 0 aliphatic rings. The number of nitrogens with two attached hydrogens (primary N) is 1. The lowest BCUT2D eigenvalue weighted by Gasteiger charge is -2.16. The highest BCUT2D eigenvalue weighted by atomic mass is 16.5. The van der Waals surface area contributed by atoms with Crippen molar-refractivity contribution >= 4 is 0 Å². The molecule has 2 rings (SSSR count). The van der Waals surface area contributed by atoms with Crippen LogP contribution in [0.25, 0.3) is 0 Å². The number of benzene rings is 2. The maximum absolute atomic E-state index is 6.00. The van der Waals surface area contributed by atoms with Crippen LogP contribution in [-0.4, -0.2) is 7.11 Å². The van der Waals surface area contributed by atoms with Crippen molar-refractivity contribution in [1.82, 2.24) is 0 Å². The number of rotatable bonds is 5. The summed E-state index contributed by atoms with van der Waals surface area (Å²) in [5.74, 6) is 1.67. The molecule has 0 aliphatic heterocycles. The van der Waals surface area contributed by atoms with Crippen LogP contribution in [0.15, 0.2) is 42.5 Å². The van der Waals surface area contributed by atoms with Crippen LogP contribution in [0.3, 0.4) is 0 Å². The van der Waals surface area contributed by atoms with E-state index in [0.717, 1.165) is 22.6 Å². The van der Waals surface area contributed by atoms with Crippen molar-refractivity contribution in [3.8, 4) is 11.5 Å². The SMILES string of the molecule is COc1ccccc1COc1ccc(C)cc1[C@@H](C)N. The van der Waals surface area contributed by atoms with Gasteiger partial charge in [0, 0.05) is 17.2 Å². The Hall–Kier alpha value is -2.00. The predicted octanol–water partition coefficient (Wildman–Crippen LogP) is 3.60. The summed E-state index contributed by atoms with van der Waals surface area (Å²) in [4.78, 5) is 0. The lowest BCUT2D eigenvalue weighted by molar-refractivity contribution is 0.292. The first-order valence-corrected chi connectivity index (χ1v) is 6.72. The lowest BCUT2D eigenvalue weighted by Crippen LogP contribution is -2.08. The Labute approximate surface area is 120 Å². The molecule has 0 fully saturated rings. The van der Waals surface area contributed by atoms with Gasteiger partial charge in [0.05, 0.1) is 7.11 Å². The molecule has 0 saturated heterocycles. The predicted molar refractivity (Wildman–Crippen MR) is 81.1 cm³/mol. The molecule has 2 N–H and O–H groups in total. The number of aryl methyl sites for hydroxylation is 1. The highest BCUT2D eigenvalue weighted by Gasteiger charge is 2.10. The molecule has 0 saturated carbocycles. The van der Waals surface area contributed by atoms with Crippen molar-refractivity contribution < 1.29 is 9.47 Å². The molecular weight excluding hydrogens is 250 g/mol. The van der Waals surface area contributed by atoms with E-state index in [1.165, 1.54) is 5.56 Å². The van der Waals surface area contributed by atoms with Crippen molar-refractivity contribution in [3.05, 3.63) is 59.2 Å². The van der Waals surface area contributed by atoms with Crippen LogP contribution in [0, 0.1) is 6.92 Å². The summed E-state index contributed by atoms with van der Waals surface area (Å²) in [6.45, 7) is 4.48. The normalized spacial score (nSPS) is 12.0. The van der Waals surface area contributed by atoms with Crippen LogP contribution >= 0.6 is 0 Å². The Bertz CT molecular complexity index is 579. The quantitative estimate of drug-likeness (QED) is 0.903. The minimum atomic E-state index is -0.0532. The van der Waals surface area contributed by atoms with Gasteiger partial charge in [-0.1, -0.05) is 35.9 Å². The van der Waals surface area contributed by atoms with E-state index < -0.39 is 0 Å². The summed E-state index contributed by atoms with van der Waals surface area (Å²) in [6.07, 6.45) is 0. The lowest BCUT2D eigenvalue weighted by atomic mass is 10.1. The summed E-state index contributed by atoms with van der Waals surface area (Å²) in [5.41, 5.74) is 9.23. The van der Waals surface area contributed by atoms with Crippen molar-refractivity contribution in [1.29, 1.82) is 0 Å². The van der Waals surface area contributed by atoms with Gasteiger partial charge in [0.2, 0.25) is 0 Å². The topological polar surface area (TPSA) is 44.5 Å². The third-order valence-electron chi connectivity index (χ3n) is 3.23. The fraction of sp³-hybridized carbons (Fsp3) is 0.294. The van der Waals surface area contributed by atoms with Gasteiger partial charge in [-0.25, -0.2) is 0 Å². The average Bonchev–Trinajstić information content (AvgIpc) is 2.46. The van der Waals surface area contributed by atoms with Gasteiger partial charge in [0.1, 0.15) is 18.1 Å². The molecule has 0 amide bonds. The Morgan fingerprint density at radius 3 is 2.55 bits per heavy atom. The van der Waals surface area contributed by atoms with Gasteiger partial charge in [-0.05, 0) is 26.0 Å². The first-order chi connectivity index (χ1) is 9.61. The van der Waals surface area contributed by atoms with Crippen molar-refractivity contribution in [2.24, 2.45) is 5.73 Å². The number of ether oxygens (including phenoxy) is 2. The van der Waals surface area contributed by atoms with E-state index in [-0.39, 0.29) is 6.04 Å². The number of hydrogen-bond acceptors (Lipinski definition) is 3. The average molecular weight is 271 g/mol. The minimum Gasteiger partial charge on any atom is -0.496 e. The largest absolute Gasteiger partial charge is 0.496 e. The zero-order chi connectivity index (χ0) is 14.5. The van der Waals surface area contributed by atoms with Crippen molar-refractivity contribution in [2.45, 2.75) is 26.5 Å². The number of hydrogen-bond donors (Lipinski definition) is 1. The molecule has 0 bridgehead atoms. The Morgan fingerprint density at radius 2 is 1.85 bits per heavy atom. The maximum atomic E-state index is 6.00. The number of methoxy groups -OCH3 is 1. The summed E-state index contributed by atoms with van der Waals surface area (Å²) >= 11 is 0. The van der Waals surface area contributed by atoms with Crippen LogP contribution < -0.4 is 15.2 Å². The molecule has 0 radical (unpaired) electrons. The summed E-state index contributed by atoms with van der Waals surface area (Å²) < 4.78 is 11.2. The summed E-state index contributed by atoms with van der Waals surface area (Å²) in [7, 11) is 1.66. The van der Waals surface area contributed by atoms with Crippen LogP contribution in [0.4, 0.5) is 0 Å². The maximum Gasteiger partial charge on any atom is 0.125 e. The van der Waals surface area contributed by atoms with E-state index in [9.17, 15) is 0 Å². The highest BCUT2D eigenvalue weighted by Crippen LogP contribution is 2.27. The van der Waals surface area contributed by atoms with E-state index in [1.54, 1.807) is 7.11 Å². The molecule has 20 heavy (non-hydrogen) atoms. The van der Waals surface area contributed by atoms with Crippen LogP contribution in [0.1, 0.15) is 29.7 Å². The third-order valence-corrected chi connectivity index (χ3v) is 3.23. The standard InChI is InChI=1S/C17H21NO2/c1-12-8-9-17(15(10-12)13(2)18)20-11-14-6-4-5-7-16(14)19-3/h4-10,13H,11,18H2,1-3H3/t13-/m1/s1. The van der Waals surface area contributed by atoms with Gasteiger partial charge < -0.3 is 15.2 Å². The summed E-state index contributed by atoms with van der Waals surface area (Å²) in [5, 5.41) is 0. The first-order valence-electron chi connectivity index (χ1n) is 6.72. The smallest absolute Gasteiger partial charge is 0.125 e. The second kappa shape index (κ2) is 6.44. The van der Waals surface area contributed by atoms with Gasteiger partial charge in [-0.3, -0.25) is 0 Å². The first kappa shape index (κ1) is 14.4. The third kappa shape index (κ3) is 3.31. The molecule has 2 aromatic carbocycles. The second-order valence-electron chi connectivity index (χ2n) is 4.93. The fourth-order valence-electron chi connectivity index (χ4n) is 2.13. The van der Waals surface area contributed by atoms with Crippen LogP contribution in [0.5, 0.6) is 11.5 Å². The Morgan fingerprint density at radius 1 is 1.10 bits per heavy atom. The molecule has 3 nitrogen and oxygen atoms in total. The van der Waals surface area contributed by atoms with Crippen molar-refractivity contribution in [3.63, 3.8) is 0 Å². The van der Waals surface area contributed by atoms with Gasteiger partial charge in [-0.15, -0.1) is 0 Å². The Balaban J connectivity index is 2.19. The zero-order valence-corrected chi connectivity index (χ0v) is 12.2. The fourth-order valence-corrected chi connectivity index (χ4v) is 2.13. The van der Waals surface area contributed by atoms with Gasteiger partial charge in [0.25, 0.3) is 0 Å².